The average molecular weight is 311 g/mol. The van der Waals surface area contributed by atoms with Gasteiger partial charge in [0.15, 0.2) is 5.75 Å². The lowest BCUT2D eigenvalue weighted by Gasteiger charge is -2.29. The molecular formula is C16H25NO5. The van der Waals surface area contributed by atoms with Crippen molar-refractivity contribution < 1.29 is 24.1 Å². The molecule has 1 heterocycles. The molecule has 0 aliphatic rings. The van der Waals surface area contributed by atoms with Gasteiger partial charge < -0.3 is 19.3 Å². The number of rotatable bonds is 6. The summed E-state index contributed by atoms with van der Waals surface area (Å²) < 4.78 is 15.7. The second-order valence-electron chi connectivity index (χ2n) is 6.05. The molecule has 1 aromatic heterocycles. The third-order valence-electron chi connectivity index (χ3n) is 3.21. The Morgan fingerprint density at radius 2 is 1.91 bits per heavy atom. The number of aliphatic hydroxyl groups is 1. The number of pyridine rings is 1. The minimum atomic E-state index is -1.41. The van der Waals surface area contributed by atoms with Crippen molar-refractivity contribution in [2.75, 3.05) is 14.2 Å². The van der Waals surface area contributed by atoms with E-state index in [-0.39, 0.29) is 12.3 Å². The summed E-state index contributed by atoms with van der Waals surface area (Å²) in [5.41, 5.74) is -1.56. The van der Waals surface area contributed by atoms with Gasteiger partial charge in [-0.1, -0.05) is 6.92 Å². The predicted octanol–water partition coefficient (Wildman–Crippen LogP) is 2.43. The minimum Gasteiger partial charge on any atom is -0.491 e. The van der Waals surface area contributed by atoms with Gasteiger partial charge in [0.25, 0.3) is 5.88 Å². The van der Waals surface area contributed by atoms with E-state index in [1.807, 2.05) is 0 Å². The molecule has 0 radical (unpaired) electrons. The highest BCUT2D eigenvalue weighted by molar-refractivity contribution is 5.72. The van der Waals surface area contributed by atoms with Crippen molar-refractivity contribution in [1.29, 1.82) is 0 Å². The lowest BCUT2D eigenvalue weighted by Crippen LogP contribution is -2.33. The standard InChI is InChI=1S/C16H25NO5/c1-7-16(19,10-12(18)22-15(2,3)4)11-8-9-17-14(21-6)13(11)20-5/h8-9,19H,7,10H2,1-6H3/t16-/m0/s1. The largest absolute Gasteiger partial charge is 0.491 e. The maximum absolute atomic E-state index is 12.1. The van der Waals surface area contributed by atoms with Crippen LogP contribution in [0.5, 0.6) is 11.6 Å². The summed E-state index contributed by atoms with van der Waals surface area (Å²) in [5, 5.41) is 10.9. The van der Waals surface area contributed by atoms with Crippen LogP contribution in [0.2, 0.25) is 0 Å². The van der Waals surface area contributed by atoms with Crippen molar-refractivity contribution in [3.05, 3.63) is 17.8 Å². The Labute approximate surface area is 131 Å². The van der Waals surface area contributed by atoms with E-state index in [2.05, 4.69) is 4.98 Å². The van der Waals surface area contributed by atoms with Crippen LogP contribution < -0.4 is 9.47 Å². The Morgan fingerprint density at radius 3 is 2.36 bits per heavy atom. The van der Waals surface area contributed by atoms with Gasteiger partial charge in [-0.05, 0) is 33.3 Å². The maximum Gasteiger partial charge on any atom is 0.309 e. The van der Waals surface area contributed by atoms with Crippen LogP contribution in [0, 0.1) is 0 Å². The third-order valence-corrected chi connectivity index (χ3v) is 3.21. The zero-order valence-electron chi connectivity index (χ0n) is 14.1. The number of hydrogen-bond donors (Lipinski definition) is 1. The molecule has 0 saturated carbocycles. The summed E-state index contributed by atoms with van der Waals surface area (Å²) in [6.07, 6.45) is 1.65. The van der Waals surface area contributed by atoms with Crippen LogP contribution >= 0.6 is 0 Å². The number of esters is 1. The quantitative estimate of drug-likeness (QED) is 0.813. The number of carbonyl (C=O) groups excluding carboxylic acids is 1. The lowest BCUT2D eigenvalue weighted by atomic mass is 9.87. The summed E-state index contributed by atoms with van der Waals surface area (Å²) in [6.45, 7) is 7.14. The molecule has 0 aromatic carbocycles. The first-order valence-electron chi connectivity index (χ1n) is 7.18. The average Bonchev–Trinajstić information content (AvgIpc) is 2.43. The smallest absolute Gasteiger partial charge is 0.309 e. The van der Waals surface area contributed by atoms with Crippen molar-refractivity contribution >= 4 is 5.97 Å². The molecule has 6 heteroatoms. The second kappa shape index (κ2) is 6.96. The molecule has 6 nitrogen and oxygen atoms in total. The van der Waals surface area contributed by atoms with Crippen molar-refractivity contribution in [2.45, 2.75) is 51.7 Å². The molecule has 1 aromatic rings. The lowest BCUT2D eigenvalue weighted by molar-refractivity contribution is -0.161. The molecule has 1 N–H and O–H groups in total. The minimum absolute atomic E-state index is 0.176. The summed E-state index contributed by atoms with van der Waals surface area (Å²) >= 11 is 0. The number of hydrogen-bond acceptors (Lipinski definition) is 6. The third kappa shape index (κ3) is 4.34. The maximum atomic E-state index is 12.1. The highest BCUT2D eigenvalue weighted by atomic mass is 16.6. The molecule has 0 unspecified atom stereocenters. The predicted molar refractivity (Wildman–Crippen MR) is 82.0 cm³/mol. The summed E-state index contributed by atoms with van der Waals surface area (Å²) in [7, 11) is 2.93. The van der Waals surface area contributed by atoms with Crippen LogP contribution in [-0.2, 0) is 15.1 Å². The van der Waals surface area contributed by atoms with Crippen molar-refractivity contribution in [3.63, 3.8) is 0 Å². The van der Waals surface area contributed by atoms with Gasteiger partial charge in [-0.3, -0.25) is 4.79 Å². The Hall–Kier alpha value is -1.82. The molecule has 124 valence electrons. The Kier molecular flexibility index (Phi) is 5.77. The highest BCUT2D eigenvalue weighted by Crippen LogP contribution is 2.39. The summed E-state index contributed by atoms with van der Waals surface area (Å²) in [4.78, 5) is 16.1. The number of nitrogens with zero attached hydrogens (tertiary/aromatic N) is 1. The Balaban J connectivity index is 3.16. The van der Waals surface area contributed by atoms with E-state index in [0.29, 0.717) is 17.7 Å². The van der Waals surface area contributed by atoms with Gasteiger partial charge in [-0.2, -0.15) is 0 Å². The summed E-state index contributed by atoms with van der Waals surface area (Å²) in [5.74, 6) is 0.101. The normalized spacial score (nSPS) is 14.1. The fourth-order valence-corrected chi connectivity index (χ4v) is 2.17. The number of methoxy groups -OCH3 is 2. The number of carbonyl (C=O) groups is 1. The van der Waals surface area contributed by atoms with E-state index in [1.54, 1.807) is 33.8 Å². The molecule has 0 bridgehead atoms. The number of ether oxygens (including phenoxy) is 3. The SMILES string of the molecule is CC[C@](O)(CC(=O)OC(C)(C)C)c1ccnc(OC)c1OC. The first kappa shape index (κ1) is 18.2. The first-order valence-corrected chi connectivity index (χ1v) is 7.18. The van der Waals surface area contributed by atoms with Gasteiger partial charge in [0.05, 0.1) is 20.6 Å². The topological polar surface area (TPSA) is 77.9 Å². The van der Waals surface area contributed by atoms with Gasteiger partial charge in [0, 0.05) is 11.8 Å². The molecule has 1 rings (SSSR count). The van der Waals surface area contributed by atoms with E-state index in [4.69, 9.17) is 14.2 Å². The van der Waals surface area contributed by atoms with E-state index in [9.17, 15) is 9.90 Å². The van der Waals surface area contributed by atoms with Gasteiger partial charge in [0.2, 0.25) is 0 Å². The van der Waals surface area contributed by atoms with Crippen molar-refractivity contribution in [3.8, 4) is 11.6 Å². The van der Waals surface area contributed by atoms with E-state index in [0.717, 1.165) is 0 Å². The fraction of sp³-hybridized carbons (Fsp3) is 0.625. The molecule has 0 amide bonds. The van der Waals surface area contributed by atoms with Crippen molar-refractivity contribution in [2.24, 2.45) is 0 Å². The molecule has 0 saturated heterocycles. The van der Waals surface area contributed by atoms with Gasteiger partial charge in [-0.15, -0.1) is 0 Å². The Morgan fingerprint density at radius 1 is 1.27 bits per heavy atom. The first-order chi connectivity index (χ1) is 10.2. The van der Waals surface area contributed by atoms with Crippen LogP contribution in [0.25, 0.3) is 0 Å². The fourth-order valence-electron chi connectivity index (χ4n) is 2.17. The van der Waals surface area contributed by atoms with E-state index >= 15 is 0 Å². The number of aromatic nitrogens is 1. The van der Waals surface area contributed by atoms with Crippen LogP contribution in [0.1, 0.15) is 46.1 Å². The van der Waals surface area contributed by atoms with Crippen molar-refractivity contribution in [1.82, 2.24) is 4.98 Å². The van der Waals surface area contributed by atoms with E-state index in [1.165, 1.54) is 20.4 Å². The Bertz CT molecular complexity index is 524. The van der Waals surface area contributed by atoms with Crippen LogP contribution in [-0.4, -0.2) is 35.9 Å². The molecule has 0 aliphatic heterocycles. The molecule has 0 fully saturated rings. The van der Waals surface area contributed by atoms with Crippen LogP contribution in [0.4, 0.5) is 0 Å². The zero-order valence-corrected chi connectivity index (χ0v) is 14.1. The summed E-state index contributed by atoms with van der Waals surface area (Å²) in [6, 6.07) is 1.62. The molecule has 0 spiro atoms. The molecule has 22 heavy (non-hydrogen) atoms. The monoisotopic (exact) mass is 311 g/mol. The van der Waals surface area contributed by atoms with Crippen LogP contribution in [0.3, 0.4) is 0 Å². The molecular weight excluding hydrogens is 286 g/mol. The molecule has 0 aliphatic carbocycles. The van der Waals surface area contributed by atoms with Crippen LogP contribution in [0.15, 0.2) is 12.3 Å². The van der Waals surface area contributed by atoms with Gasteiger partial charge in [0.1, 0.15) is 11.2 Å². The van der Waals surface area contributed by atoms with Gasteiger partial charge >= 0.3 is 5.97 Å². The van der Waals surface area contributed by atoms with Gasteiger partial charge in [-0.25, -0.2) is 4.98 Å². The van der Waals surface area contributed by atoms with E-state index < -0.39 is 17.2 Å². The zero-order chi connectivity index (χ0) is 17.0. The highest BCUT2D eigenvalue weighted by Gasteiger charge is 2.36. The molecule has 1 atom stereocenters. The second-order valence-corrected chi connectivity index (χ2v) is 6.05.